The van der Waals surface area contributed by atoms with Gasteiger partial charge in [-0.2, -0.15) is 0 Å². The van der Waals surface area contributed by atoms with E-state index in [1.54, 1.807) is 55.5 Å². The highest BCUT2D eigenvalue weighted by Crippen LogP contribution is 2.16. The molecule has 3 N–H and O–H groups in total. The summed E-state index contributed by atoms with van der Waals surface area (Å²) in [6, 6.07) is 13.0. The first-order chi connectivity index (χ1) is 9.91. The van der Waals surface area contributed by atoms with Gasteiger partial charge in [-0.3, -0.25) is 9.52 Å². The molecule has 2 aromatic carbocycles. The molecule has 2 aromatic rings. The maximum absolute atomic E-state index is 12.2. The lowest BCUT2D eigenvalue weighted by Gasteiger charge is -2.07. The van der Waals surface area contributed by atoms with Gasteiger partial charge in [-0.25, -0.2) is 8.42 Å². The number of hydrogen-bond acceptors (Lipinski definition) is 4. The van der Waals surface area contributed by atoms with E-state index in [0.717, 1.165) is 0 Å². The average molecular weight is 304 g/mol. The Kier molecular flexibility index (Phi) is 4.28. The number of nitrogens with two attached hydrogens (primary N) is 1. The van der Waals surface area contributed by atoms with Gasteiger partial charge in [-0.1, -0.05) is 0 Å². The van der Waals surface area contributed by atoms with E-state index in [1.807, 2.05) is 0 Å². The molecule has 6 heteroatoms. The molecule has 0 aliphatic rings. The Bertz CT molecular complexity index is 735. The third-order valence-electron chi connectivity index (χ3n) is 2.97. The van der Waals surface area contributed by atoms with Crippen LogP contribution in [0.1, 0.15) is 22.8 Å². The molecule has 0 spiro atoms. The molecule has 0 saturated heterocycles. The van der Waals surface area contributed by atoms with Gasteiger partial charge >= 0.3 is 0 Å². The van der Waals surface area contributed by atoms with Crippen molar-refractivity contribution < 1.29 is 13.2 Å². The summed E-state index contributed by atoms with van der Waals surface area (Å²) in [5.41, 5.74) is 7.63. The monoisotopic (exact) mass is 304 g/mol. The Morgan fingerprint density at radius 3 is 1.95 bits per heavy atom. The lowest BCUT2D eigenvalue weighted by atomic mass is 10.0. The van der Waals surface area contributed by atoms with Crippen molar-refractivity contribution in [2.75, 3.05) is 16.2 Å². The Balaban J connectivity index is 2.19. The lowest BCUT2D eigenvalue weighted by molar-refractivity contribution is 0.103. The van der Waals surface area contributed by atoms with Crippen LogP contribution in [0.5, 0.6) is 0 Å². The summed E-state index contributed by atoms with van der Waals surface area (Å²) in [5, 5.41) is 0. The zero-order chi connectivity index (χ0) is 15.5. The van der Waals surface area contributed by atoms with E-state index < -0.39 is 10.0 Å². The van der Waals surface area contributed by atoms with E-state index in [2.05, 4.69) is 4.72 Å². The van der Waals surface area contributed by atoms with Gasteiger partial charge in [0.15, 0.2) is 5.78 Å². The van der Waals surface area contributed by atoms with Crippen LogP contribution in [0.4, 0.5) is 11.4 Å². The smallest absolute Gasteiger partial charge is 0.232 e. The van der Waals surface area contributed by atoms with Crippen LogP contribution in [0.15, 0.2) is 48.5 Å². The third-order valence-corrected chi connectivity index (χ3v) is 4.28. The summed E-state index contributed by atoms with van der Waals surface area (Å²) in [7, 11) is -3.31. The van der Waals surface area contributed by atoms with Gasteiger partial charge in [0.05, 0.1) is 5.75 Å². The normalized spacial score (nSPS) is 11.1. The summed E-state index contributed by atoms with van der Waals surface area (Å²) in [5.74, 6) is -0.140. The fourth-order valence-corrected chi connectivity index (χ4v) is 2.38. The summed E-state index contributed by atoms with van der Waals surface area (Å²) in [6.07, 6.45) is 0. The minimum atomic E-state index is -3.31. The standard InChI is InChI=1S/C15H16N2O3S/c1-2-21(19,20)17-14-9-5-12(6-10-14)15(18)11-3-7-13(16)8-4-11/h3-10,17H,2,16H2,1H3. The van der Waals surface area contributed by atoms with Crippen molar-refractivity contribution in [2.45, 2.75) is 6.92 Å². The average Bonchev–Trinajstić information content (AvgIpc) is 2.48. The molecule has 0 unspecified atom stereocenters. The zero-order valence-electron chi connectivity index (χ0n) is 11.5. The maximum atomic E-state index is 12.2. The van der Waals surface area contributed by atoms with Crippen LogP contribution in [0.3, 0.4) is 0 Å². The van der Waals surface area contributed by atoms with Gasteiger partial charge in [-0.05, 0) is 55.5 Å². The molecule has 0 amide bonds. The quantitative estimate of drug-likeness (QED) is 0.655. The van der Waals surface area contributed by atoms with Crippen LogP contribution in [-0.2, 0) is 10.0 Å². The predicted octanol–water partition coefficient (Wildman–Crippen LogP) is 2.26. The number of sulfonamides is 1. The highest BCUT2D eigenvalue weighted by molar-refractivity contribution is 7.92. The van der Waals surface area contributed by atoms with E-state index in [-0.39, 0.29) is 11.5 Å². The number of carbonyl (C=O) groups excluding carboxylic acids is 1. The van der Waals surface area contributed by atoms with Gasteiger partial charge in [-0.15, -0.1) is 0 Å². The van der Waals surface area contributed by atoms with Gasteiger partial charge in [0.25, 0.3) is 0 Å². The van der Waals surface area contributed by atoms with E-state index in [4.69, 9.17) is 5.73 Å². The fourth-order valence-electron chi connectivity index (χ4n) is 1.74. The molecule has 0 bridgehead atoms. The molecule has 0 atom stereocenters. The van der Waals surface area contributed by atoms with Crippen LogP contribution >= 0.6 is 0 Å². The second-order valence-electron chi connectivity index (χ2n) is 4.53. The molecule has 0 radical (unpaired) electrons. The summed E-state index contributed by atoms with van der Waals surface area (Å²) < 4.78 is 25.3. The first-order valence-electron chi connectivity index (χ1n) is 6.42. The molecule has 0 aromatic heterocycles. The molecule has 0 heterocycles. The van der Waals surface area contributed by atoms with Crippen molar-refractivity contribution in [3.63, 3.8) is 0 Å². The number of hydrogen-bond donors (Lipinski definition) is 2. The second-order valence-corrected chi connectivity index (χ2v) is 6.54. The molecule has 0 saturated carbocycles. The zero-order valence-corrected chi connectivity index (χ0v) is 12.4. The Morgan fingerprint density at radius 2 is 1.48 bits per heavy atom. The number of nitrogens with one attached hydrogen (secondary N) is 1. The molecule has 5 nitrogen and oxygen atoms in total. The summed E-state index contributed by atoms with van der Waals surface area (Å²) >= 11 is 0. The maximum Gasteiger partial charge on any atom is 0.232 e. The van der Waals surface area contributed by atoms with E-state index >= 15 is 0 Å². The van der Waals surface area contributed by atoms with E-state index in [9.17, 15) is 13.2 Å². The molecular weight excluding hydrogens is 288 g/mol. The van der Waals surface area contributed by atoms with E-state index in [1.165, 1.54) is 0 Å². The minimum absolute atomic E-state index is 0.000874. The number of nitrogen functional groups attached to an aromatic ring is 1. The highest BCUT2D eigenvalue weighted by Gasteiger charge is 2.10. The molecule has 2 rings (SSSR count). The van der Waals surface area contributed by atoms with Crippen molar-refractivity contribution >= 4 is 27.2 Å². The van der Waals surface area contributed by atoms with Crippen LogP contribution in [-0.4, -0.2) is 20.0 Å². The predicted molar refractivity (Wildman–Crippen MR) is 83.8 cm³/mol. The summed E-state index contributed by atoms with van der Waals surface area (Å²) in [6.45, 7) is 1.56. The second kappa shape index (κ2) is 5.97. The number of rotatable bonds is 5. The Hall–Kier alpha value is -2.34. The molecule has 0 aliphatic heterocycles. The molecular formula is C15H16N2O3S. The van der Waals surface area contributed by atoms with E-state index in [0.29, 0.717) is 22.5 Å². The number of carbonyl (C=O) groups is 1. The van der Waals surface area contributed by atoms with Crippen molar-refractivity contribution in [2.24, 2.45) is 0 Å². The largest absolute Gasteiger partial charge is 0.399 e. The minimum Gasteiger partial charge on any atom is -0.399 e. The van der Waals surface area contributed by atoms with Gasteiger partial charge in [0.2, 0.25) is 10.0 Å². The molecule has 21 heavy (non-hydrogen) atoms. The van der Waals surface area contributed by atoms with Crippen LogP contribution in [0.2, 0.25) is 0 Å². The van der Waals surface area contributed by atoms with Crippen molar-refractivity contribution in [1.29, 1.82) is 0 Å². The van der Waals surface area contributed by atoms with Crippen LogP contribution < -0.4 is 10.5 Å². The topological polar surface area (TPSA) is 89.3 Å². The first-order valence-corrected chi connectivity index (χ1v) is 8.07. The van der Waals surface area contributed by atoms with Gasteiger partial charge in [0.1, 0.15) is 0 Å². The van der Waals surface area contributed by atoms with Gasteiger partial charge < -0.3 is 5.73 Å². The molecule has 0 aliphatic carbocycles. The van der Waals surface area contributed by atoms with Crippen molar-refractivity contribution in [3.8, 4) is 0 Å². The fraction of sp³-hybridized carbons (Fsp3) is 0.133. The Labute approximate surface area is 123 Å². The summed E-state index contributed by atoms with van der Waals surface area (Å²) in [4.78, 5) is 12.2. The number of ketones is 1. The number of benzene rings is 2. The van der Waals surface area contributed by atoms with Crippen LogP contribution in [0.25, 0.3) is 0 Å². The SMILES string of the molecule is CCS(=O)(=O)Nc1ccc(C(=O)c2ccc(N)cc2)cc1. The van der Waals surface area contributed by atoms with Crippen molar-refractivity contribution in [1.82, 2.24) is 0 Å². The molecule has 110 valence electrons. The lowest BCUT2D eigenvalue weighted by Crippen LogP contribution is -2.14. The van der Waals surface area contributed by atoms with Gasteiger partial charge in [0, 0.05) is 22.5 Å². The first kappa shape index (κ1) is 15.1. The Morgan fingerprint density at radius 1 is 1.00 bits per heavy atom. The van der Waals surface area contributed by atoms with Crippen molar-refractivity contribution in [3.05, 3.63) is 59.7 Å². The van der Waals surface area contributed by atoms with Crippen LogP contribution in [0, 0.1) is 0 Å². The third kappa shape index (κ3) is 3.82. The molecule has 0 fully saturated rings. The highest BCUT2D eigenvalue weighted by atomic mass is 32.2. The number of anilines is 2.